The van der Waals surface area contributed by atoms with Gasteiger partial charge < -0.3 is 9.73 Å². The quantitative estimate of drug-likeness (QED) is 0.350. The lowest BCUT2D eigenvalue weighted by Gasteiger charge is -2.12. The van der Waals surface area contributed by atoms with Gasteiger partial charge in [0, 0.05) is 20.2 Å². The van der Waals surface area contributed by atoms with Crippen LogP contribution in [0.15, 0.2) is 46.3 Å². The maximum absolute atomic E-state index is 13.4. The summed E-state index contributed by atoms with van der Waals surface area (Å²) in [6.45, 7) is 0.988. The molecule has 36 heavy (non-hydrogen) atoms. The lowest BCUT2D eigenvalue weighted by Crippen LogP contribution is -2.28. The van der Waals surface area contributed by atoms with Gasteiger partial charge in [0.1, 0.15) is 28.6 Å². The molecule has 0 saturated heterocycles. The van der Waals surface area contributed by atoms with Crippen LogP contribution in [-0.2, 0) is 13.2 Å². The van der Waals surface area contributed by atoms with Crippen molar-refractivity contribution in [2.45, 2.75) is 13.1 Å². The summed E-state index contributed by atoms with van der Waals surface area (Å²) in [7, 11) is 1.56. The second kappa shape index (κ2) is 7.27. The highest BCUT2D eigenvalue weighted by atomic mass is 35.5. The number of nitrogens with one attached hydrogen (secondary N) is 1. The zero-order valence-corrected chi connectivity index (χ0v) is 19.1. The number of carbonyl (C=O) groups is 1. The predicted molar refractivity (Wildman–Crippen MR) is 120 cm³/mol. The Morgan fingerprint density at radius 1 is 1.22 bits per heavy atom. The minimum atomic E-state index is -4.80. The Bertz CT molecular complexity index is 1950. The van der Waals surface area contributed by atoms with Crippen molar-refractivity contribution in [2.24, 2.45) is 7.05 Å². The molecule has 11 nitrogen and oxygen atoms in total. The van der Waals surface area contributed by atoms with Gasteiger partial charge in [-0.2, -0.15) is 22.7 Å². The molecule has 6 aromatic rings. The number of alkyl halides is 3. The van der Waals surface area contributed by atoms with E-state index in [1.807, 2.05) is 0 Å². The molecule has 182 valence electrons. The zero-order valence-electron chi connectivity index (χ0n) is 18.3. The highest BCUT2D eigenvalue weighted by Crippen LogP contribution is 2.33. The summed E-state index contributed by atoms with van der Waals surface area (Å²) in [4.78, 5) is 33.5. The summed E-state index contributed by atoms with van der Waals surface area (Å²) < 4.78 is 51.3. The van der Waals surface area contributed by atoms with E-state index in [2.05, 4.69) is 20.4 Å². The van der Waals surface area contributed by atoms with Crippen molar-refractivity contribution in [3.63, 3.8) is 0 Å². The first-order valence-corrected chi connectivity index (χ1v) is 10.7. The van der Waals surface area contributed by atoms with Crippen molar-refractivity contribution in [1.82, 2.24) is 28.7 Å². The Hall–Kier alpha value is -4.46. The number of aromatic nitrogens is 7. The first kappa shape index (κ1) is 22.0. The number of aryl methyl sites for hydroxylation is 1. The molecule has 0 unspecified atom stereocenters. The molecular weight excluding hydrogens is 505 g/mol. The summed E-state index contributed by atoms with van der Waals surface area (Å²) in [5.41, 5.74) is -0.347. The first-order chi connectivity index (χ1) is 17.0. The number of hydrogen-bond acceptors (Lipinski definition) is 7. The molecule has 15 heteroatoms. The normalized spacial score (nSPS) is 12.4. The highest BCUT2D eigenvalue weighted by molar-refractivity contribution is 6.37. The van der Waals surface area contributed by atoms with Crippen LogP contribution in [0.25, 0.3) is 33.5 Å². The third-order valence-electron chi connectivity index (χ3n) is 5.73. The van der Waals surface area contributed by atoms with E-state index in [4.69, 9.17) is 16.0 Å². The van der Waals surface area contributed by atoms with Gasteiger partial charge in [-0.25, -0.2) is 4.52 Å². The van der Waals surface area contributed by atoms with Gasteiger partial charge in [0.2, 0.25) is 5.91 Å². The van der Waals surface area contributed by atoms with E-state index in [-0.39, 0.29) is 22.2 Å². The summed E-state index contributed by atoms with van der Waals surface area (Å²) in [5.74, 6) is -0.884. The van der Waals surface area contributed by atoms with Crippen molar-refractivity contribution >= 4 is 62.6 Å². The number of fused-ring (bicyclic) bond motifs is 5. The summed E-state index contributed by atoms with van der Waals surface area (Å²) in [6, 6.07) is 0.620. The number of pyridine rings is 2. The van der Waals surface area contributed by atoms with Crippen LogP contribution >= 0.6 is 11.6 Å². The number of anilines is 2. The van der Waals surface area contributed by atoms with Crippen molar-refractivity contribution in [3.05, 3.63) is 58.0 Å². The van der Waals surface area contributed by atoms with Crippen LogP contribution in [-0.4, -0.2) is 34.6 Å². The molecule has 0 saturated carbocycles. The smallest absolute Gasteiger partial charge is 0.417 e. The van der Waals surface area contributed by atoms with Gasteiger partial charge in [0.15, 0.2) is 16.7 Å². The predicted octanol–water partition coefficient (Wildman–Crippen LogP) is 3.34. The molecule has 0 aliphatic heterocycles. The third-order valence-corrected chi connectivity index (χ3v) is 6.10. The van der Waals surface area contributed by atoms with Crippen LogP contribution < -0.4 is 15.3 Å². The first-order valence-electron chi connectivity index (χ1n) is 10.3. The highest BCUT2D eigenvalue weighted by Gasteiger charge is 2.33. The van der Waals surface area contributed by atoms with Crippen molar-refractivity contribution in [3.8, 4) is 0 Å². The van der Waals surface area contributed by atoms with Crippen LogP contribution in [0.4, 0.5) is 24.8 Å². The molecule has 0 amide bonds. The average Bonchev–Trinajstić information content (AvgIpc) is 3.32. The van der Waals surface area contributed by atoms with E-state index in [0.717, 1.165) is 6.92 Å². The molecule has 0 aliphatic rings. The van der Waals surface area contributed by atoms with Crippen LogP contribution in [0.3, 0.4) is 0 Å². The Labute approximate surface area is 202 Å². The fraction of sp³-hybridized carbons (Fsp3) is 0.143. The number of imidazole rings is 1. The van der Waals surface area contributed by atoms with Crippen LogP contribution in [0.5, 0.6) is 0 Å². The van der Waals surface area contributed by atoms with E-state index in [1.165, 1.54) is 17.0 Å². The van der Waals surface area contributed by atoms with Crippen LogP contribution in [0.2, 0.25) is 5.02 Å². The van der Waals surface area contributed by atoms with E-state index in [0.29, 0.717) is 39.1 Å². The van der Waals surface area contributed by atoms with E-state index in [9.17, 15) is 22.8 Å². The number of nitrogens with zero attached hydrogens (tertiary/aromatic N) is 7. The maximum atomic E-state index is 13.4. The van der Waals surface area contributed by atoms with Gasteiger partial charge >= 0.3 is 6.18 Å². The number of carbonyl (C=O) groups excluding carboxylic acids is 1. The third kappa shape index (κ3) is 3.07. The topological polar surface area (TPSA) is 116 Å². The van der Waals surface area contributed by atoms with Crippen molar-refractivity contribution in [1.29, 1.82) is 0 Å². The van der Waals surface area contributed by atoms with Gasteiger partial charge in [-0.05, 0) is 6.07 Å². The number of hydrogen-bond donors (Lipinski definition) is 1. The number of halogens is 4. The Kier molecular flexibility index (Phi) is 4.45. The summed E-state index contributed by atoms with van der Waals surface area (Å²) in [6.07, 6.45) is 1.94. The Morgan fingerprint density at radius 2 is 2.00 bits per heavy atom. The molecule has 6 heterocycles. The molecule has 0 atom stereocenters. The van der Waals surface area contributed by atoms with Gasteiger partial charge in [0.05, 0.1) is 18.0 Å². The monoisotopic (exact) mass is 517 g/mol. The molecule has 6 rings (SSSR count). The van der Waals surface area contributed by atoms with Crippen LogP contribution in [0.1, 0.15) is 17.3 Å². The molecule has 0 spiro atoms. The molecule has 6 aromatic heterocycles. The van der Waals surface area contributed by atoms with E-state index >= 15 is 0 Å². The average molecular weight is 518 g/mol. The summed E-state index contributed by atoms with van der Waals surface area (Å²) >= 11 is 6.64. The summed E-state index contributed by atoms with van der Waals surface area (Å²) in [5, 5.41) is 7.02. The molecule has 0 fully saturated rings. The van der Waals surface area contributed by atoms with Crippen molar-refractivity contribution in [2.75, 3.05) is 5.32 Å². The van der Waals surface area contributed by atoms with E-state index in [1.54, 1.807) is 28.4 Å². The van der Waals surface area contributed by atoms with Gasteiger partial charge in [0.25, 0.3) is 22.8 Å². The fourth-order valence-electron chi connectivity index (χ4n) is 4.04. The Morgan fingerprint density at radius 3 is 2.72 bits per heavy atom. The van der Waals surface area contributed by atoms with Gasteiger partial charge in [-0.3, -0.25) is 18.7 Å². The maximum Gasteiger partial charge on any atom is 0.417 e. The Balaban J connectivity index is 1.64. The lowest BCUT2D eigenvalue weighted by molar-refractivity contribution is -0.483. The second-order valence-corrected chi connectivity index (χ2v) is 8.34. The second-order valence-electron chi connectivity index (χ2n) is 7.96. The molecule has 0 radical (unpaired) electrons. The largest absolute Gasteiger partial charge is 0.448 e. The minimum absolute atomic E-state index is 0.00872. The zero-order chi connectivity index (χ0) is 25.5. The fourth-order valence-corrected chi connectivity index (χ4v) is 4.34. The van der Waals surface area contributed by atoms with Crippen LogP contribution in [0, 0.1) is 0 Å². The van der Waals surface area contributed by atoms with E-state index < -0.39 is 28.9 Å². The minimum Gasteiger partial charge on any atom is -0.448 e. The van der Waals surface area contributed by atoms with Crippen molar-refractivity contribution < 1.29 is 26.8 Å². The molecule has 1 N–H and O–H groups in total. The lowest BCUT2D eigenvalue weighted by atomic mass is 10.2. The standard InChI is InChI=1S/C21H12ClF3N8O3/c1-9(34)31-7-10(21(23,24)25)5-11(19(31)35)28-20-29-18-16(30(20)2)14(22)13-8-32(18)17-15-12(36-13)6-27-33(15)4-3-26-17/h3-8H,1-2H3/p+1. The SMILES string of the molecule is CC(=O)n1cc(C(F)(F)F)cc(Nc2nc3c(c(Cl)c4c[n+]3c3nccn5ncc(o4)c35)n2C)c1=O. The van der Waals surface area contributed by atoms with Gasteiger partial charge in [-0.1, -0.05) is 16.6 Å². The number of rotatable bonds is 2. The molecule has 0 aliphatic carbocycles. The molecular formula is C21H13ClF3N8O3+. The van der Waals surface area contributed by atoms with Gasteiger partial charge in [-0.15, -0.1) is 4.98 Å². The molecule has 2 bridgehead atoms. The molecule has 0 aromatic carbocycles.